The van der Waals surface area contributed by atoms with Crippen LogP contribution in [0.15, 0.2) is 42.5 Å². The van der Waals surface area contributed by atoms with E-state index in [1.54, 1.807) is 12.1 Å². The number of fused-ring (bicyclic) bond motifs is 3. The van der Waals surface area contributed by atoms with Gasteiger partial charge in [-0.1, -0.05) is 35.9 Å². The minimum atomic E-state index is -0.572. The smallest absolute Gasteiger partial charge is 0.323 e. The van der Waals surface area contributed by atoms with Crippen molar-refractivity contribution < 1.29 is 13.9 Å². The summed E-state index contributed by atoms with van der Waals surface area (Å²) in [6.07, 6.45) is 0.467. The predicted molar refractivity (Wildman–Crippen MR) is 94.2 cm³/mol. The van der Waals surface area contributed by atoms with Gasteiger partial charge in [0.25, 0.3) is 0 Å². The number of rotatable bonds is 2. The van der Waals surface area contributed by atoms with Crippen LogP contribution in [0.1, 0.15) is 22.9 Å². The number of hydrogen-bond acceptors (Lipinski definition) is 3. The molecule has 4 rings (SSSR count). The van der Waals surface area contributed by atoms with Crippen molar-refractivity contribution in [2.75, 3.05) is 7.11 Å². The molecule has 0 aliphatic carbocycles. The second kappa shape index (κ2) is 6.17. The number of carbonyl (C=O) groups excluding carboxylic acids is 1. The highest BCUT2D eigenvalue weighted by Crippen LogP contribution is 2.38. The molecule has 6 heteroatoms. The molecule has 4 nitrogen and oxygen atoms in total. The summed E-state index contributed by atoms with van der Waals surface area (Å²) in [5.41, 5.74) is 3.07. The van der Waals surface area contributed by atoms with Crippen molar-refractivity contribution in [3.8, 4) is 0 Å². The third-order valence-corrected chi connectivity index (χ3v) is 5.02. The largest absolute Gasteiger partial charge is 0.468 e. The van der Waals surface area contributed by atoms with Crippen molar-refractivity contribution >= 4 is 28.5 Å². The second-order valence-corrected chi connectivity index (χ2v) is 6.48. The number of methoxy groups -OCH3 is 1. The number of aromatic amines is 1. The van der Waals surface area contributed by atoms with Crippen LogP contribution in [0.2, 0.25) is 5.02 Å². The summed E-state index contributed by atoms with van der Waals surface area (Å²) >= 11 is 6.28. The molecule has 128 valence electrons. The van der Waals surface area contributed by atoms with E-state index in [9.17, 15) is 9.18 Å². The molecule has 0 fully saturated rings. The first-order valence-corrected chi connectivity index (χ1v) is 8.35. The molecule has 2 heterocycles. The van der Waals surface area contributed by atoms with Crippen LogP contribution < -0.4 is 5.32 Å². The summed E-state index contributed by atoms with van der Waals surface area (Å²) in [4.78, 5) is 15.5. The van der Waals surface area contributed by atoms with Gasteiger partial charge in [-0.3, -0.25) is 10.1 Å². The lowest BCUT2D eigenvalue weighted by atomic mass is 9.90. The first kappa shape index (κ1) is 16.1. The monoisotopic (exact) mass is 358 g/mol. The molecule has 0 amide bonds. The van der Waals surface area contributed by atoms with Gasteiger partial charge < -0.3 is 9.72 Å². The quantitative estimate of drug-likeness (QED) is 0.686. The highest BCUT2D eigenvalue weighted by Gasteiger charge is 2.36. The van der Waals surface area contributed by atoms with Crippen LogP contribution in [0.4, 0.5) is 4.39 Å². The van der Waals surface area contributed by atoms with E-state index in [1.807, 2.05) is 24.3 Å². The van der Waals surface area contributed by atoms with Gasteiger partial charge >= 0.3 is 5.97 Å². The third kappa shape index (κ3) is 2.60. The molecular weight excluding hydrogens is 343 g/mol. The summed E-state index contributed by atoms with van der Waals surface area (Å²) in [6.45, 7) is 0. The predicted octanol–water partition coefficient (Wildman–Crippen LogP) is 3.74. The summed E-state index contributed by atoms with van der Waals surface area (Å²) in [5, 5.41) is 4.52. The lowest BCUT2D eigenvalue weighted by molar-refractivity contribution is -0.143. The number of nitrogens with one attached hydrogen (secondary N) is 2. The maximum atomic E-state index is 14.5. The Morgan fingerprint density at radius 1 is 1.24 bits per heavy atom. The second-order valence-electron chi connectivity index (χ2n) is 6.08. The molecule has 2 N–H and O–H groups in total. The van der Waals surface area contributed by atoms with E-state index in [4.69, 9.17) is 16.3 Å². The highest BCUT2D eigenvalue weighted by atomic mass is 35.5. The van der Waals surface area contributed by atoms with Crippen LogP contribution in [-0.4, -0.2) is 24.1 Å². The maximum Gasteiger partial charge on any atom is 0.323 e. The number of halogens is 2. The lowest BCUT2D eigenvalue weighted by Crippen LogP contribution is -2.45. The number of ether oxygens (including phenoxy) is 1. The number of hydrogen-bond donors (Lipinski definition) is 2. The zero-order chi connectivity index (χ0) is 17.6. The molecule has 3 aromatic rings. The van der Waals surface area contributed by atoms with Gasteiger partial charge in [0, 0.05) is 33.6 Å². The van der Waals surface area contributed by atoms with Crippen molar-refractivity contribution in [3.05, 3.63) is 70.1 Å². The lowest BCUT2D eigenvalue weighted by Gasteiger charge is -2.30. The average molecular weight is 359 g/mol. The van der Waals surface area contributed by atoms with Crippen molar-refractivity contribution in [1.29, 1.82) is 0 Å². The molecule has 2 atom stereocenters. The molecule has 0 spiro atoms. The standard InChI is InChI=1S/C19H16ClFN2O2/c1-25-19(24)15-9-11-10-5-2-3-8-14(10)22-17(11)18(23-15)16-12(20)6-4-7-13(16)21/h2-8,15,18,22-23H,9H2,1H3. The van der Waals surface area contributed by atoms with Crippen molar-refractivity contribution in [2.24, 2.45) is 0 Å². The Hall–Kier alpha value is -2.37. The Bertz CT molecular complexity index is 949. The Balaban J connectivity index is 1.93. The minimum Gasteiger partial charge on any atom is -0.468 e. The fourth-order valence-electron chi connectivity index (χ4n) is 3.54. The zero-order valence-corrected chi connectivity index (χ0v) is 14.2. The normalized spacial score (nSPS) is 19.6. The van der Waals surface area contributed by atoms with Gasteiger partial charge in [0.05, 0.1) is 13.2 Å². The molecule has 0 bridgehead atoms. The number of benzene rings is 2. The van der Waals surface area contributed by atoms with Gasteiger partial charge in [-0.15, -0.1) is 0 Å². The van der Waals surface area contributed by atoms with Crippen LogP contribution in [-0.2, 0) is 16.0 Å². The van der Waals surface area contributed by atoms with Crippen molar-refractivity contribution in [2.45, 2.75) is 18.5 Å². The summed E-state index contributed by atoms with van der Waals surface area (Å²) in [7, 11) is 1.35. The van der Waals surface area contributed by atoms with E-state index in [0.29, 0.717) is 17.0 Å². The molecule has 25 heavy (non-hydrogen) atoms. The van der Waals surface area contributed by atoms with Gasteiger partial charge in [-0.2, -0.15) is 0 Å². The number of para-hydroxylation sites is 1. The van der Waals surface area contributed by atoms with Gasteiger partial charge in [0.15, 0.2) is 0 Å². The molecule has 1 aliphatic heterocycles. The van der Waals surface area contributed by atoms with Crippen LogP contribution in [0.5, 0.6) is 0 Å². The van der Waals surface area contributed by atoms with Gasteiger partial charge in [-0.25, -0.2) is 4.39 Å². The average Bonchev–Trinajstić information content (AvgIpc) is 2.99. The summed E-state index contributed by atoms with van der Waals surface area (Å²) < 4.78 is 19.4. The van der Waals surface area contributed by atoms with E-state index in [0.717, 1.165) is 22.2 Å². The zero-order valence-electron chi connectivity index (χ0n) is 13.5. The van der Waals surface area contributed by atoms with Gasteiger partial charge in [-0.05, 0) is 23.8 Å². The molecular formula is C19H16ClFN2O2. The number of aromatic nitrogens is 1. The Labute approximate surface area is 148 Å². The molecule has 0 saturated heterocycles. The van der Waals surface area contributed by atoms with Crippen LogP contribution in [0.3, 0.4) is 0 Å². The fraction of sp³-hybridized carbons (Fsp3) is 0.211. The number of carbonyl (C=O) groups is 1. The van der Waals surface area contributed by atoms with E-state index in [-0.39, 0.29) is 5.97 Å². The van der Waals surface area contributed by atoms with E-state index in [1.165, 1.54) is 13.2 Å². The number of H-pyrrole nitrogens is 1. The Morgan fingerprint density at radius 2 is 2.04 bits per heavy atom. The molecule has 2 unspecified atom stereocenters. The van der Waals surface area contributed by atoms with E-state index in [2.05, 4.69) is 10.3 Å². The topological polar surface area (TPSA) is 54.1 Å². The Kier molecular flexibility index (Phi) is 3.98. The third-order valence-electron chi connectivity index (χ3n) is 4.69. The summed E-state index contributed by atoms with van der Waals surface area (Å²) in [6, 6.07) is 11.3. The minimum absolute atomic E-state index is 0.313. The maximum absolute atomic E-state index is 14.5. The SMILES string of the molecule is COC(=O)C1Cc2c([nH]c3ccccc23)C(c2c(F)cccc2Cl)N1. The summed E-state index contributed by atoms with van der Waals surface area (Å²) in [5.74, 6) is -0.798. The Morgan fingerprint density at radius 3 is 2.80 bits per heavy atom. The van der Waals surface area contributed by atoms with Crippen molar-refractivity contribution in [3.63, 3.8) is 0 Å². The highest BCUT2D eigenvalue weighted by molar-refractivity contribution is 6.31. The van der Waals surface area contributed by atoms with Crippen LogP contribution >= 0.6 is 11.6 Å². The number of esters is 1. The van der Waals surface area contributed by atoms with E-state index < -0.39 is 17.9 Å². The first-order chi connectivity index (χ1) is 12.1. The van der Waals surface area contributed by atoms with E-state index >= 15 is 0 Å². The fourth-order valence-corrected chi connectivity index (χ4v) is 3.81. The van der Waals surface area contributed by atoms with Crippen molar-refractivity contribution in [1.82, 2.24) is 10.3 Å². The first-order valence-electron chi connectivity index (χ1n) is 7.97. The van der Waals surface area contributed by atoms with Gasteiger partial charge in [0.2, 0.25) is 0 Å². The van der Waals surface area contributed by atoms with Crippen LogP contribution in [0.25, 0.3) is 10.9 Å². The molecule has 1 aromatic heterocycles. The van der Waals surface area contributed by atoms with Crippen LogP contribution in [0, 0.1) is 5.82 Å². The molecule has 1 aliphatic rings. The van der Waals surface area contributed by atoms with Gasteiger partial charge in [0.1, 0.15) is 11.9 Å². The molecule has 0 saturated carbocycles. The molecule has 0 radical (unpaired) electrons. The molecule has 2 aromatic carbocycles.